The molecule has 1 aromatic heterocycles. The van der Waals surface area contributed by atoms with Gasteiger partial charge >= 0.3 is 0 Å². The molecule has 128 valence electrons. The van der Waals surface area contributed by atoms with Gasteiger partial charge in [-0.25, -0.2) is 4.99 Å². The zero-order valence-electron chi connectivity index (χ0n) is 13.5. The summed E-state index contributed by atoms with van der Waals surface area (Å²) in [6.45, 7) is 0. The summed E-state index contributed by atoms with van der Waals surface area (Å²) in [5.74, 6) is 1.21. The van der Waals surface area contributed by atoms with E-state index in [0.29, 0.717) is 15.8 Å². The Kier molecular flexibility index (Phi) is 4.77. The van der Waals surface area contributed by atoms with Crippen LogP contribution in [0.25, 0.3) is 17.4 Å². The molecule has 2 heterocycles. The van der Waals surface area contributed by atoms with Crippen LogP contribution in [0.1, 0.15) is 5.76 Å². The van der Waals surface area contributed by atoms with Crippen LogP contribution in [0.2, 0.25) is 0 Å². The van der Waals surface area contributed by atoms with Crippen LogP contribution in [0.3, 0.4) is 0 Å². The van der Waals surface area contributed by atoms with Gasteiger partial charge in [-0.3, -0.25) is 4.79 Å². The molecule has 1 aliphatic rings. The number of rotatable bonds is 3. The number of nitrogens with zero attached hydrogens (tertiary/aromatic N) is 1. The predicted octanol–water partition coefficient (Wildman–Crippen LogP) is 5.60. The number of aliphatic imine (C=N–C) groups is 1. The monoisotopic (exact) mass is 424 g/mol. The van der Waals surface area contributed by atoms with E-state index in [4.69, 9.17) is 4.42 Å². The third-order valence-electron chi connectivity index (χ3n) is 3.67. The van der Waals surface area contributed by atoms with Gasteiger partial charge in [0.25, 0.3) is 5.91 Å². The lowest BCUT2D eigenvalue weighted by atomic mass is 10.2. The molecule has 0 spiro atoms. The molecule has 1 aliphatic heterocycles. The normalized spacial score (nSPS) is 17.0. The number of para-hydroxylation sites is 1. The topological polar surface area (TPSA) is 54.6 Å². The third kappa shape index (κ3) is 3.81. The standard InChI is InChI=1S/C20H13BrN2O2S/c21-14-8-6-13(7-9-14)17-11-10-16(25-17)12-18-19(24)23-20(26-18)22-15-4-2-1-3-5-15/h1-12H,(H,22,23,24)/b18-12-. The SMILES string of the molecule is O=C1NC(=Nc2ccccc2)S/C1=C\c1ccc(-c2ccc(Br)cc2)o1. The Morgan fingerprint density at radius 3 is 2.54 bits per heavy atom. The number of hydrogen-bond acceptors (Lipinski definition) is 4. The van der Waals surface area contributed by atoms with Crippen LogP contribution in [0.4, 0.5) is 5.69 Å². The summed E-state index contributed by atoms with van der Waals surface area (Å²) >= 11 is 4.72. The summed E-state index contributed by atoms with van der Waals surface area (Å²) in [4.78, 5) is 17.2. The highest BCUT2D eigenvalue weighted by molar-refractivity contribution is 9.10. The molecule has 26 heavy (non-hydrogen) atoms. The Morgan fingerprint density at radius 2 is 1.77 bits per heavy atom. The molecule has 2 aromatic carbocycles. The maximum absolute atomic E-state index is 12.2. The molecule has 3 aromatic rings. The second-order valence-corrected chi connectivity index (χ2v) is 7.47. The van der Waals surface area contributed by atoms with Crippen molar-refractivity contribution in [2.24, 2.45) is 4.99 Å². The van der Waals surface area contributed by atoms with Gasteiger partial charge in [0, 0.05) is 16.1 Å². The molecule has 0 bridgehead atoms. The summed E-state index contributed by atoms with van der Waals surface area (Å²) in [6, 6.07) is 21.1. The van der Waals surface area contributed by atoms with Gasteiger partial charge in [0.2, 0.25) is 0 Å². The van der Waals surface area contributed by atoms with E-state index in [1.165, 1.54) is 11.8 Å². The molecule has 0 radical (unpaired) electrons. The lowest BCUT2D eigenvalue weighted by molar-refractivity contribution is -0.115. The zero-order valence-corrected chi connectivity index (χ0v) is 15.9. The quantitative estimate of drug-likeness (QED) is 0.556. The zero-order chi connectivity index (χ0) is 17.9. The number of nitrogens with one attached hydrogen (secondary N) is 1. The van der Waals surface area contributed by atoms with Crippen LogP contribution >= 0.6 is 27.7 Å². The summed E-state index contributed by atoms with van der Waals surface area (Å²) in [6.07, 6.45) is 1.73. The summed E-state index contributed by atoms with van der Waals surface area (Å²) in [5, 5.41) is 3.34. The van der Waals surface area contributed by atoms with E-state index < -0.39 is 0 Å². The molecule has 0 saturated carbocycles. The number of amides is 1. The molecule has 0 unspecified atom stereocenters. The van der Waals surface area contributed by atoms with Gasteiger partial charge in [-0.05, 0) is 48.2 Å². The highest BCUT2D eigenvalue weighted by Gasteiger charge is 2.24. The van der Waals surface area contributed by atoms with Gasteiger partial charge < -0.3 is 9.73 Å². The molecular formula is C20H13BrN2O2S. The van der Waals surface area contributed by atoms with Crippen molar-refractivity contribution in [3.05, 3.63) is 81.9 Å². The van der Waals surface area contributed by atoms with Crippen molar-refractivity contribution in [2.75, 3.05) is 0 Å². The van der Waals surface area contributed by atoms with Crippen molar-refractivity contribution < 1.29 is 9.21 Å². The molecule has 1 amide bonds. The Bertz CT molecular complexity index is 1010. The first-order valence-electron chi connectivity index (χ1n) is 7.88. The molecule has 1 fully saturated rings. The number of halogens is 1. The molecule has 6 heteroatoms. The molecule has 0 aliphatic carbocycles. The van der Waals surface area contributed by atoms with Gasteiger partial charge in [-0.2, -0.15) is 0 Å². The second-order valence-electron chi connectivity index (χ2n) is 5.53. The van der Waals surface area contributed by atoms with Crippen molar-refractivity contribution in [3.8, 4) is 11.3 Å². The molecule has 1 saturated heterocycles. The van der Waals surface area contributed by atoms with Crippen molar-refractivity contribution >= 4 is 50.5 Å². The van der Waals surface area contributed by atoms with Crippen molar-refractivity contribution in [1.29, 1.82) is 0 Å². The Morgan fingerprint density at radius 1 is 1.00 bits per heavy atom. The van der Waals surface area contributed by atoms with Gasteiger partial charge in [-0.1, -0.05) is 46.3 Å². The van der Waals surface area contributed by atoms with Crippen LogP contribution < -0.4 is 5.32 Å². The number of carbonyl (C=O) groups excluding carboxylic acids is 1. The number of carbonyl (C=O) groups is 1. The molecule has 4 nitrogen and oxygen atoms in total. The van der Waals surface area contributed by atoms with Crippen molar-refractivity contribution in [1.82, 2.24) is 5.32 Å². The number of thioether (sulfide) groups is 1. The van der Waals surface area contributed by atoms with E-state index in [1.807, 2.05) is 66.7 Å². The van der Waals surface area contributed by atoms with Gasteiger partial charge in [0.1, 0.15) is 11.5 Å². The first-order valence-corrected chi connectivity index (χ1v) is 9.49. The minimum atomic E-state index is -0.175. The molecule has 1 N–H and O–H groups in total. The maximum Gasteiger partial charge on any atom is 0.264 e. The molecular weight excluding hydrogens is 412 g/mol. The fraction of sp³-hybridized carbons (Fsp3) is 0. The van der Waals surface area contributed by atoms with E-state index in [-0.39, 0.29) is 5.91 Å². The van der Waals surface area contributed by atoms with Crippen molar-refractivity contribution in [2.45, 2.75) is 0 Å². The van der Waals surface area contributed by atoms with E-state index in [0.717, 1.165) is 21.5 Å². The minimum absolute atomic E-state index is 0.175. The fourth-order valence-corrected chi connectivity index (χ4v) is 3.52. The lowest BCUT2D eigenvalue weighted by Gasteiger charge is -1.96. The minimum Gasteiger partial charge on any atom is -0.457 e. The number of furan rings is 1. The van der Waals surface area contributed by atoms with Gasteiger partial charge in [0.15, 0.2) is 5.17 Å². The van der Waals surface area contributed by atoms with Gasteiger partial charge in [-0.15, -0.1) is 0 Å². The van der Waals surface area contributed by atoms with E-state index >= 15 is 0 Å². The predicted molar refractivity (Wildman–Crippen MR) is 109 cm³/mol. The first kappa shape index (κ1) is 16.9. The third-order valence-corrected chi connectivity index (χ3v) is 5.11. The smallest absolute Gasteiger partial charge is 0.264 e. The highest BCUT2D eigenvalue weighted by Crippen LogP contribution is 2.30. The number of amidine groups is 1. The highest BCUT2D eigenvalue weighted by atomic mass is 79.9. The van der Waals surface area contributed by atoms with Crippen molar-refractivity contribution in [3.63, 3.8) is 0 Å². The Labute approximate surface area is 163 Å². The summed E-state index contributed by atoms with van der Waals surface area (Å²) < 4.78 is 6.86. The fourth-order valence-electron chi connectivity index (χ4n) is 2.43. The van der Waals surface area contributed by atoms with Crippen LogP contribution in [-0.4, -0.2) is 11.1 Å². The summed E-state index contributed by atoms with van der Waals surface area (Å²) in [5.41, 5.74) is 1.78. The maximum atomic E-state index is 12.2. The Balaban J connectivity index is 1.54. The van der Waals surface area contributed by atoms with Gasteiger partial charge in [0.05, 0.1) is 10.6 Å². The van der Waals surface area contributed by atoms with Crippen LogP contribution in [0.5, 0.6) is 0 Å². The van der Waals surface area contributed by atoms with Crippen LogP contribution in [-0.2, 0) is 4.79 Å². The summed E-state index contributed by atoms with van der Waals surface area (Å²) in [7, 11) is 0. The van der Waals surface area contributed by atoms with E-state index in [2.05, 4.69) is 26.2 Å². The average molecular weight is 425 g/mol. The lowest BCUT2D eigenvalue weighted by Crippen LogP contribution is -2.19. The molecule has 0 atom stereocenters. The molecule has 4 rings (SSSR count). The van der Waals surface area contributed by atoms with Crippen LogP contribution in [0, 0.1) is 0 Å². The van der Waals surface area contributed by atoms with Crippen LogP contribution in [0.15, 0.2) is 85.5 Å². The first-order chi connectivity index (χ1) is 12.7. The largest absolute Gasteiger partial charge is 0.457 e. The Hall–Kier alpha value is -2.57. The average Bonchev–Trinajstić information content (AvgIpc) is 3.24. The number of benzene rings is 2. The second kappa shape index (κ2) is 7.35. The van der Waals surface area contributed by atoms with E-state index in [9.17, 15) is 4.79 Å². The van der Waals surface area contributed by atoms with E-state index in [1.54, 1.807) is 6.08 Å². The number of hydrogen-bond donors (Lipinski definition) is 1.